The zero-order valence-electron chi connectivity index (χ0n) is 17.9. The van der Waals surface area contributed by atoms with Crippen molar-refractivity contribution < 1.29 is 4.79 Å². The van der Waals surface area contributed by atoms with Crippen LogP contribution in [0.15, 0.2) is 41.2 Å². The minimum absolute atomic E-state index is 0.174. The zero-order chi connectivity index (χ0) is 22.1. The molecule has 2 aromatic heterocycles. The normalized spacial score (nSPS) is 14.5. The number of fused-ring (bicyclic) bond motifs is 1. The van der Waals surface area contributed by atoms with Crippen LogP contribution >= 0.6 is 12.2 Å². The number of aromatic nitrogens is 3. The average Bonchev–Trinajstić information content (AvgIpc) is 2.77. The SMILES string of the molecule is CNC(=O)c1ccc(C2=CCN(Cc3ccc4c(=S)n(C)c(=O)[nH]c4c3)CC2)c(C)n1. The number of aryl methyl sites for hydroxylation is 1. The molecule has 3 aromatic rings. The van der Waals surface area contributed by atoms with Crippen LogP contribution in [0.2, 0.25) is 0 Å². The number of H-pyrrole nitrogens is 1. The Balaban J connectivity index is 1.50. The first-order chi connectivity index (χ1) is 14.9. The van der Waals surface area contributed by atoms with Crippen LogP contribution in [0.4, 0.5) is 0 Å². The second kappa shape index (κ2) is 8.56. The van der Waals surface area contributed by atoms with Crippen LogP contribution < -0.4 is 11.0 Å². The highest BCUT2D eigenvalue weighted by Crippen LogP contribution is 2.26. The van der Waals surface area contributed by atoms with Gasteiger partial charge in [0.25, 0.3) is 5.91 Å². The average molecular weight is 436 g/mol. The Morgan fingerprint density at radius 3 is 2.77 bits per heavy atom. The molecule has 1 aromatic carbocycles. The summed E-state index contributed by atoms with van der Waals surface area (Å²) in [6.45, 7) is 4.49. The Morgan fingerprint density at radius 2 is 2.10 bits per heavy atom. The molecule has 4 rings (SSSR count). The Morgan fingerprint density at radius 1 is 1.29 bits per heavy atom. The van der Waals surface area contributed by atoms with Crippen LogP contribution in [0.5, 0.6) is 0 Å². The molecule has 0 saturated carbocycles. The van der Waals surface area contributed by atoms with E-state index in [-0.39, 0.29) is 11.6 Å². The number of rotatable bonds is 4. The van der Waals surface area contributed by atoms with Crippen molar-refractivity contribution in [3.05, 3.63) is 74.0 Å². The predicted molar refractivity (Wildman–Crippen MR) is 125 cm³/mol. The zero-order valence-corrected chi connectivity index (χ0v) is 18.7. The number of nitrogens with zero attached hydrogens (tertiary/aromatic N) is 3. The molecule has 2 N–H and O–H groups in total. The van der Waals surface area contributed by atoms with Gasteiger partial charge in [0.1, 0.15) is 10.3 Å². The van der Waals surface area contributed by atoms with Crippen molar-refractivity contribution in [3.63, 3.8) is 0 Å². The fourth-order valence-corrected chi connectivity index (χ4v) is 4.23. The summed E-state index contributed by atoms with van der Waals surface area (Å²) in [4.78, 5) is 33.5. The summed E-state index contributed by atoms with van der Waals surface area (Å²) in [6.07, 6.45) is 3.15. The Bertz CT molecular complexity index is 1320. The molecule has 0 unspecified atom stereocenters. The van der Waals surface area contributed by atoms with E-state index >= 15 is 0 Å². The first-order valence-electron chi connectivity index (χ1n) is 10.2. The maximum Gasteiger partial charge on any atom is 0.326 e. The third-order valence-corrected chi connectivity index (χ3v) is 6.25. The standard InChI is InChI=1S/C23H25N5O2S/c1-14-17(6-7-19(25-14)21(29)24-2)16-8-10-28(11-9-16)13-15-4-5-18-20(12-15)26-23(30)27(3)22(18)31/h4-8,12H,9-11,13H2,1-3H3,(H,24,29)(H,26,30). The molecule has 8 heteroatoms. The van der Waals surface area contributed by atoms with E-state index in [1.165, 1.54) is 10.1 Å². The monoisotopic (exact) mass is 435 g/mol. The summed E-state index contributed by atoms with van der Waals surface area (Å²) >= 11 is 5.38. The third kappa shape index (κ3) is 4.22. The highest BCUT2D eigenvalue weighted by Gasteiger charge is 2.16. The summed E-state index contributed by atoms with van der Waals surface area (Å²) < 4.78 is 1.99. The lowest BCUT2D eigenvalue weighted by atomic mass is 9.97. The van der Waals surface area contributed by atoms with Crippen molar-refractivity contribution >= 4 is 34.6 Å². The van der Waals surface area contributed by atoms with Crippen LogP contribution in [0.3, 0.4) is 0 Å². The minimum Gasteiger partial charge on any atom is -0.354 e. The van der Waals surface area contributed by atoms with Gasteiger partial charge in [-0.2, -0.15) is 0 Å². The van der Waals surface area contributed by atoms with Crippen molar-refractivity contribution in [1.82, 2.24) is 24.8 Å². The fraction of sp³-hybridized carbons (Fsp3) is 0.304. The number of amides is 1. The maximum absolute atomic E-state index is 12.0. The molecule has 1 aliphatic heterocycles. The lowest BCUT2D eigenvalue weighted by molar-refractivity contribution is 0.0958. The van der Waals surface area contributed by atoms with E-state index in [0.29, 0.717) is 10.3 Å². The number of nitrogens with one attached hydrogen (secondary N) is 2. The fourth-order valence-electron chi connectivity index (χ4n) is 3.96. The molecule has 0 bridgehead atoms. The number of carbonyl (C=O) groups excluding carboxylic acids is 1. The third-order valence-electron chi connectivity index (χ3n) is 5.76. The van der Waals surface area contributed by atoms with E-state index < -0.39 is 0 Å². The van der Waals surface area contributed by atoms with Crippen molar-refractivity contribution in [3.8, 4) is 0 Å². The number of benzene rings is 1. The highest BCUT2D eigenvalue weighted by atomic mass is 32.1. The van der Waals surface area contributed by atoms with Crippen molar-refractivity contribution in [2.75, 3.05) is 20.1 Å². The first kappa shape index (κ1) is 21.1. The molecular weight excluding hydrogens is 410 g/mol. The lowest BCUT2D eigenvalue weighted by Gasteiger charge is -2.27. The van der Waals surface area contributed by atoms with Gasteiger partial charge in [-0.15, -0.1) is 0 Å². The van der Waals surface area contributed by atoms with Gasteiger partial charge >= 0.3 is 5.69 Å². The molecule has 0 saturated heterocycles. The molecule has 31 heavy (non-hydrogen) atoms. The van der Waals surface area contributed by atoms with E-state index in [1.807, 2.05) is 25.1 Å². The topological polar surface area (TPSA) is 83.0 Å². The van der Waals surface area contributed by atoms with Gasteiger partial charge < -0.3 is 10.3 Å². The van der Waals surface area contributed by atoms with E-state index in [0.717, 1.165) is 53.8 Å². The van der Waals surface area contributed by atoms with Gasteiger partial charge in [-0.3, -0.25) is 14.3 Å². The summed E-state index contributed by atoms with van der Waals surface area (Å²) in [5, 5.41) is 3.49. The molecule has 160 valence electrons. The smallest absolute Gasteiger partial charge is 0.326 e. The second-order valence-corrected chi connectivity index (χ2v) is 8.18. The van der Waals surface area contributed by atoms with Crippen molar-refractivity contribution in [2.24, 2.45) is 7.05 Å². The van der Waals surface area contributed by atoms with E-state index in [9.17, 15) is 9.59 Å². The van der Waals surface area contributed by atoms with Crippen LogP contribution in [-0.2, 0) is 13.6 Å². The summed E-state index contributed by atoms with van der Waals surface area (Å²) in [6, 6.07) is 9.83. The van der Waals surface area contributed by atoms with Gasteiger partial charge in [-0.1, -0.05) is 30.4 Å². The van der Waals surface area contributed by atoms with E-state index in [2.05, 4.69) is 32.3 Å². The minimum atomic E-state index is -0.202. The van der Waals surface area contributed by atoms with Gasteiger partial charge in [0.15, 0.2) is 0 Å². The number of hydrogen-bond donors (Lipinski definition) is 2. The van der Waals surface area contributed by atoms with Gasteiger partial charge in [-0.05, 0) is 48.2 Å². The molecule has 1 aliphatic rings. The molecule has 0 radical (unpaired) electrons. The quantitative estimate of drug-likeness (QED) is 0.616. The number of aromatic amines is 1. The summed E-state index contributed by atoms with van der Waals surface area (Å²) in [7, 11) is 3.28. The lowest BCUT2D eigenvalue weighted by Crippen LogP contribution is -2.28. The molecule has 1 amide bonds. The Kier molecular flexibility index (Phi) is 5.84. The van der Waals surface area contributed by atoms with E-state index in [1.54, 1.807) is 20.2 Å². The Labute approximate surface area is 185 Å². The first-order valence-corrected chi connectivity index (χ1v) is 10.6. The van der Waals surface area contributed by atoms with Gasteiger partial charge in [0, 0.05) is 44.8 Å². The molecule has 0 atom stereocenters. The van der Waals surface area contributed by atoms with Gasteiger partial charge in [0.2, 0.25) is 0 Å². The summed E-state index contributed by atoms with van der Waals surface area (Å²) in [5.74, 6) is -0.174. The molecular formula is C23H25N5O2S. The number of pyridine rings is 1. The van der Waals surface area contributed by atoms with Crippen LogP contribution in [0.1, 0.15) is 33.7 Å². The summed E-state index contributed by atoms with van der Waals surface area (Å²) in [5.41, 5.74) is 5.37. The maximum atomic E-state index is 12.0. The van der Waals surface area contributed by atoms with Crippen molar-refractivity contribution in [1.29, 1.82) is 0 Å². The van der Waals surface area contributed by atoms with Crippen molar-refractivity contribution in [2.45, 2.75) is 19.9 Å². The van der Waals surface area contributed by atoms with E-state index in [4.69, 9.17) is 12.2 Å². The second-order valence-electron chi connectivity index (χ2n) is 7.80. The molecule has 7 nitrogen and oxygen atoms in total. The van der Waals surface area contributed by atoms with Gasteiger partial charge in [-0.25, -0.2) is 9.78 Å². The molecule has 0 aliphatic carbocycles. The van der Waals surface area contributed by atoms with Crippen LogP contribution in [0, 0.1) is 11.6 Å². The van der Waals surface area contributed by atoms with Gasteiger partial charge in [0.05, 0.1) is 5.52 Å². The molecule has 0 fully saturated rings. The molecule has 0 spiro atoms. The predicted octanol–water partition coefficient (Wildman–Crippen LogP) is 2.95. The largest absolute Gasteiger partial charge is 0.354 e. The highest BCUT2D eigenvalue weighted by molar-refractivity contribution is 7.71. The Hall–Kier alpha value is -3.10. The molecule has 3 heterocycles. The van der Waals surface area contributed by atoms with Crippen LogP contribution in [0.25, 0.3) is 16.5 Å². The van der Waals surface area contributed by atoms with Crippen LogP contribution in [-0.4, -0.2) is 45.5 Å². The number of hydrogen-bond acceptors (Lipinski definition) is 5. The number of carbonyl (C=O) groups is 1.